The number of hydrogen-bond acceptors (Lipinski definition) is 2. The second-order valence-corrected chi connectivity index (χ2v) is 3.41. The predicted octanol–water partition coefficient (Wildman–Crippen LogP) is 2.20. The first-order valence-electron chi connectivity index (χ1n) is 4.15. The quantitative estimate of drug-likeness (QED) is 0.631. The number of hydrogen-bond donors (Lipinski definition) is 0. The van der Waals surface area contributed by atoms with Crippen LogP contribution in [0.5, 0.6) is 0 Å². The van der Waals surface area contributed by atoms with Crippen LogP contribution in [0.4, 0.5) is 0 Å². The number of allylic oxidation sites excluding steroid dienone is 2. The van der Waals surface area contributed by atoms with E-state index in [4.69, 9.17) is 21.1 Å². The molecule has 1 aliphatic heterocycles. The first-order valence-corrected chi connectivity index (χ1v) is 4.53. The second kappa shape index (κ2) is 2.87. The maximum atomic E-state index is 5.88. The van der Waals surface area contributed by atoms with E-state index in [-0.39, 0.29) is 6.10 Å². The summed E-state index contributed by atoms with van der Waals surface area (Å²) in [6.45, 7) is 2.78. The van der Waals surface area contributed by atoms with Gasteiger partial charge in [-0.25, -0.2) is 0 Å². The molecule has 0 saturated carbocycles. The minimum absolute atomic E-state index is 0.0456. The lowest BCUT2D eigenvalue weighted by atomic mass is 10.1. The minimum Gasteiger partial charge on any atom is -0.344 e. The van der Waals surface area contributed by atoms with Gasteiger partial charge < -0.3 is 9.47 Å². The Kier molecular flexibility index (Phi) is 1.99. The lowest BCUT2D eigenvalue weighted by Crippen LogP contribution is -2.19. The normalized spacial score (nSPS) is 37.5. The van der Waals surface area contributed by atoms with E-state index in [1.54, 1.807) is 0 Å². The highest BCUT2D eigenvalue weighted by Gasteiger charge is 2.58. The molecular weight excluding hydrogens is 176 g/mol. The third-order valence-corrected chi connectivity index (χ3v) is 2.30. The SMILES string of the molecule is CCCOC12C=CC=C(Cl)C1O2. The number of halogens is 1. The Balaban J connectivity index is 2.01. The van der Waals surface area contributed by atoms with E-state index in [1.165, 1.54) is 0 Å². The topological polar surface area (TPSA) is 21.8 Å². The van der Waals surface area contributed by atoms with E-state index in [0.717, 1.165) is 11.5 Å². The molecule has 2 aliphatic rings. The summed E-state index contributed by atoms with van der Waals surface area (Å²) in [7, 11) is 0. The van der Waals surface area contributed by atoms with Gasteiger partial charge in [0, 0.05) is 0 Å². The monoisotopic (exact) mass is 186 g/mol. The third kappa shape index (κ3) is 1.20. The first-order chi connectivity index (χ1) is 5.78. The number of ether oxygens (including phenoxy) is 2. The lowest BCUT2D eigenvalue weighted by molar-refractivity contribution is -0.00763. The van der Waals surface area contributed by atoms with Gasteiger partial charge in [-0.05, 0) is 18.6 Å². The zero-order chi connectivity index (χ0) is 8.60. The molecule has 2 rings (SSSR count). The van der Waals surface area contributed by atoms with E-state index in [9.17, 15) is 0 Å². The molecule has 3 heteroatoms. The second-order valence-electron chi connectivity index (χ2n) is 2.98. The lowest BCUT2D eigenvalue weighted by Gasteiger charge is -2.10. The summed E-state index contributed by atoms with van der Waals surface area (Å²) in [4.78, 5) is 0. The van der Waals surface area contributed by atoms with Gasteiger partial charge >= 0.3 is 0 Å². The van der Waals surface area contributed by atoms with Crippen LogP contribution < -0.4 is 0 Å². The zero-order valence-electron chi connectivity index (χ0n) is 6.92. The van der Waals surface area contributed by atoms with Crippen LogP contribution in [-0.2, 0) is 9.47 Å². The Morgan fingerprint density at radius 3 is 3.33 bits per heavy atom. The Morgan fingerprint density at radius 1 is 1.75 bits per heavy atom. The maximum absolute atomic E-state index is 5.88. The van der Waals surface area contributed by atoms with E-state index in [1.807, 2.05) is 18.2 Å². The largest absolute Gasteiger partial charge is 0.344 e. The summed E-state index contributed by atoms with van der Waals surface area (Å²) in [5.41, 5.74) is 0. The molecule has 0 spiro atoms. The number of rotatable bonds is 3. The summed E-state index contributed by atoms with van der Waals surface area (Å²) in [5, 5.41) is 0.730. The number of epoxide rings is 1. The van der Waals surface area contributed by atoms with Gasteiger partial charge in [0.05, 0.1) is 11.6 Å². The maximum Gasteiger partial charge on any atom is 0.221 e. The Labute approximate surface area is 76.8 Å². The van der Waals surface area contributed by atoms with Gasteiger partial charge in [0.25, 0.3) is 0 Å². The van der Waals surface area contributed by atoms with Crippen LogP contribution in [0.15, 0.2) is 23.3 Å². The molecule has 2 nitrogen and oxygen atoms in total. The summed E-state index contributed by atoms with van der Waals surface area (Å²) in [6.07, 6.45) is 6.58. The van der Waals surface area contributed by atoms with Gasteiger partial charge in [0.15, 0.2) is 6.10 Å². The molecular formula is C9H11ClO2. The molecule has 1 aliphatic carbocycles. The van der Waals surface area contributed by atoms with Gasteiger partial charge in [-0.2, -0.15) is 0 Å². The van der Waals surface area contributed by atoms with E-state index in [2.05, 4.69) is 6.92 Å². The molecule has 1 heterocycles. The molecule has 12 heavy (non-hydrogen) atoms. The van der Waals surface area contributed by atoms with Crippen LogP contribution in [0.25, 0.3) is 0 Å². The summed E-state index contributed by atoms with van der Waals surface area (Å²) < 4.78 is 10.9. The highest BCUT2D eigenvalue weighted by molar-refractivity contribution is 6.30. The Morgan fingerprint density at radius 2 is 2.58 bits per heavy atom. The van der Waals surface area contributed by atoms with Crippen LogP contribution in [0.1, 0.15) is 13.3 Å². The summed E-state index contributed by atoms with van der Waals surface area (Å²) in [5.74, 6) is -0.512. The van der Waals surface area contributed by atoms with Crippen molar-refractivity contribution in [1.82, 2.24) is 0 Å². The van der Waals surface area contributed by atoms with Gasteiger partial charge in [-0.15, -0.1) is 0 Å². The van der Waals surface area contributed by atoms with Crippen molar-refractivity contribution >= 4 is 11.6 Å². The molecule has 66 valence electrons. The smallest absolute Gasteiger partial charge is 0.221 e. The number of fused-ring (bicyclic) bond motifs is 1. The fourth-order valence-corrected chi connectivity index (χ4v) is 1.58. The van der Waals surface area contributed by atoms with Crippen molar-refractivity contribution in [2.45, 2.75) is 25.2 Å². The van der Waals surface area contributed by atoms with Gasteiger partial charge in [0.2, 0.25) is 5.79 Å². The van der Waals surface area contributed by atoms with Crippen LogP contribution >= 0.6 is 11.6 Å². The standard InChI is InChI=1S/C9H11ClO2/c1-2-6-11-9-5-3-4-7(10)8(9)12-9/h3-5,8H,2,6H2,1H3. The molecule has 0 N–H and O–H groups in total. The molecule has 0 bridgehead atoms. The van der Waals surface area contributed by atoms with Crippen molar-refractivity contribution in [2.75, 3.05) is 6.61 Å². The molecule has 2 atom stereocenters. The molecule has 1 fully saturated rings. The van der Waals surface area contributed by atoms with Crippen molar-refractivity contribution in [1.29, 1.82) is 0 Å². The fourth-order valence-electron chi connectivity index (χ4n) is 1.31. The van der Waals surface area contributed by atoms with Crippen molar-refractivity contribution < 1.29 is 9.47 Å². The fraction of sp³-hybridized carbons (Fsp3) is 0.556. The average Bonchev–Trinajstić information content (AvgIpc) is 2.78. The van der Waals surface area contributed by atoms with E-state index < -0.39 is 5.79 Å². The summed E-state index contributed by atoms with van der Waals surface area (Å²) >= 11 is 5.88. The molecule has 0 aromatic carbocycles. The van der Waals surface area contributed by atoms with E-state index in [0.29, 0.717) is 6.61 Å². The predicted molar refractivity (Wildman–Crippen MR) is 46.9 cm³/mol. The van der Waals surface area contributed by atoms with Crippen molar-refractivity contribution in [2.24, 2.45) is 0 Å². The molecule has 0 radical (unpaired) electrons. The highest BCUT2D eigenvalue weighted by atomic mass is 35.5. The molecule has 1 saturated heterocycles. The molecule has 0 aromatic rings. The minimum atomic E-state index is -0.512. The Bertz CT molecular complexity index is 247. The van der Waals surface area contributed by atoms with E-state index >= 15 is 0 Å². The highest BCUT2D eigenvalue weighted by Crippen LogP contribution is 2.47. The molecule has 0 amide bonds. The van der Waals surface area contributed by atoms with Crippen molar-refractivity contribution in [3.8, 4) is 0 Å². The van der Waals surface area contributed by atoms with Crippen molar-refractivity contribution in [3.05, 3.63) is 23.3 Å². The average molecular weight is 187 g/mol. The third-order valence-electron chi connectivity index (χ3n) is 1.98. The van der Waals surface area contributed by atoms with Crippen LogP contribution in [0.3, 0.4) is 0 Å². The van der Waals surface area contributed by atoms with Gasteiger partial charge in [-0.3, -0.25) is 0 Å². The first kappa shape index (κ1) is 8.30. The van der Waals surface area contributed by atoms with Crippen LogP contribution in [0.2, 0.25) is 0 Å². The molecule has 2 unspecified atom stereocenters. The zero-order valence-corrected chi connectivity index (χ0v) is 7.67. The molecule has 0 aromatic heterocycles. The van der Waals surface area contributed by atoms with Crippen LogP contribution in [0, 0.1) is 0 Å². The van der Waals surface area contributed by atoms with Crippen LogP contribution in [-0.4, -0.2) is 18.5 Å². The van der Waals surface area contributed by atoms with Gasteiger partial charge in [0.1, 0.15) is 0 Å². The Hall–Kier alpha value is -0.310. The summed E-state index contributed by atoms with van der Waals surface area (Å²) in [6, 6.07) is 0. The van der Waals surface area contributed by atoms with Crippen molar-refractivity contribution in [3.63, 3.8) is 0 Å². The van der Waals surface area contributed by atoms with Gasteiger partial charge in [-0.1, -0.05) is 24.6 Å².